The van der Waals surface area contributed by atoms with Gasteiger partial charge in [-0.2, -0.15) is 0 Å². The molecule has 2 aromatic rings. The molecular formula is C17H23ClN2O2. The summed E-state index contributed by atoms with van der Waals surface area (Å²) in [6, 6.07) is 12.2. The van der Waals surface area contributed by atoms with E-state index in [1.807, 2.05) is 31.2 Å². The molecule has 0 radical (unpaired) electrons. The fraction of sp³-hybridized carbons (Fsp3) is 0.353. The lowest BCUT2D eigenvalue weighted by atomic mass is 9.93. The monoisotopic (exact) mass is 322 g/mol. The summed E-state index contributed by atoms with van der Waals surface area (Å²) < 4.78 is 5.31. The van der Waals surface area contributed by atoms with Crippen LogP contribution in [0.5, 0.6) is 5.75 Å². The Labute approximate surface area is 137 Å². The summed E-state index contributed by atoms with van der Waals surface area (Å²) in [6.07, 6.45) is 0.487. The number of ether oxygens (including phenoxy) is 1. The summed E-state index contributed by atoms with van der Waals surface area (Å²) in [7, 11) is 1.66. The highest BCUT2D eigenvalue weighted by atomic mass is 35.5. The predicted molar refractivity (Wildman–Crippen MR) is 92.8 cm³/mol. The smallest absolute Gasteiger partial charge is 0.219 e. The first-order valence-corrected chi connectivity index (χ1v) is 7.23. The van der Waals surface area contributed by atoms with Crippen LogP contribution in [-0.4, -0.2) is 26.1 Å². The Hall–Kier alpha value is -1.78. The van der Waals surface area contributed by atoms with Gasteiger partial charge in [-0.15, -0.1) is 12.4 Å². The van der Waals surface area contributed by atoms with Crippen LogP contribution in [0.1, 0.15) is 24.8 Å². The van der Waals surface area contributed by atoms with Gasteiger partial charge in [-0.05, 0) is 28.5 Å². The molecule has 1 amide bonds. The van der Waals surface area contributed by atoms with Crippen LogP contribution in [0.3, 0.4) is 0 Å². The largest absolute Gasteiger partial charge is 0.497 e. The second-order valence-electron chi connectivity index (χ2n) is 5.02. The van der Waals surface area contributed by atoms with E-state index >= 15 is 0 Å². The van der Waals surface area contributed by atoms with Crippen molar-refractivity contribution in [2.45, 2.75) is 19.3 Å². The quantitative estimate of drug-likeness (QED) is 0.859. The van der Waals surface area contributed by atoms with Gasteiger partial charge >= 0.3 is 0 Å². The van der Waals surface area contributed by atoms with Crippen molar-refractivity contribution < 1.29 is 9.53 Å². The summed E-state index contributed by atoms with van der Waals surface area (Å²) in [5.74, 6) is 0.964. The lowest BCUT2D eigenvalue weighted by Gasteiger charge is -2.18. The van der Waals surface area contributed by atoms with Gasteiger partial charge < -0.3 is 15.8 Å². The average Bonchev–Trinajstić information content (AvgIpc) is 2.54. The standard InChI is InChI=1S/C17H22N2O2.ClH/c1-3-17(20)19-11-13(10-18)15-6-4-5-12-7-8-14(21-2)9-16(12)15;/h4-9,13H,3,10-11,18H2,1-2H3,(H,19,20);1H. The number of benzene rings is 2. The zero-order chi connectivity index (χ0) is 15.2. The van der Waals surface area contributed by atoms with Crippen LogP contribution in [0, 0.1) is 0 Å². The maximum Gasteiger partial charge on any atom is 0.219 e. The van der Waals surface area contributed by atoms with E-state index < -0.39 is 0 Å². The zero-order valence-electron chi connectivity index (χ0n) is 13.0. The minimum atomic E-state index is 0. The Bertz CT molecular complexity index is 631. The number of halogens is 1. The molecule has 0 aliphatic rings. The van der Waals surface area contributed by atoms with E-state index in [2.05, 4.69) is 17.4 Å². The Balaban J connectivity index is 0.00000242. The molecule has 5 heteroatoms. The maximum absolute atomic E-state index is 11.5. The van der Waals surface area contributed by atoms with Crippen LogP contribution >= 0.6 is 12.4 Å². The van der Waals surface area contributed by atoms with Crippen LogP contribution in [0.4, 0.5) is 0 Å². The molecule has 0 bridgehead atoms. The topological polar surface area (TPSA) is 64.4 Å². The average molecular weight is 323 g/mol. The van der Waals surface area contributed by atoms with Crippen LogP contribution in [0.2, 0.25) is 0 Å². The van der Waals surface area contributed by atoms with Crippen molar-refractivity contribution in [2.75, 3.05) is 20.2 Å². The van der Waals surface area contributed by atoms with Crippen LogP contribution in [0.15, 0.2) is 36.4 Å². The molecule has 3 N–H and O–H groups in total. The molecule has 2 rings (SSSR count). The van der Waals surface area contributed by atoms with Crippen molar-refractivity contribution in [3.05, 3.63) is 42.0 Å². The fourth-order valence-corrected chi connectivity index (χ4v) is 2.44. The van der Waals surface area contributed by atoms with Gasteiger partial charge in [0, 0.05) is 25.4 Å². The highest BCUT2D eigenvalue weighted by molar-refractivity contribution is 5.87. The van der Waals surface area contributed by atoms with E-state index in [-0.39, 0.29) is 24.2 Å². The maximum atomic E-state index is 11.5. The third kappa shape index (κ3) is 4.12. The van der Waals surface area contributed by atoms with Gasteiger partial charge in [-0.3, -0.25) is 4.79 Å². The number of amides is 1. The van der Waals surface area contributed by atoms with Gasteiger partial charge in [-0.25, -0.2) is 0 Å². The molecule has 0 aliphatic carbocycles. The molecule has 0 saturated carbocycles. The van der Waals surface area contributed by atoms with Gasteiger partial charge in [0.1, 0.15) is 5.75 Å². The number of carbonyl (C=O) groups excluding carboxylic acids is 1. The summed E-state index contributed by atoms with van der Waals surface area (Å²) in [6.45, 7) is 2.88. The van der Waals surface area contributed by atoms with Crippen molar-refractivity contribution in [3.63, 3.8) is 0 Å². The van der Waals surface area contributed by atoms with Crippen molar-refractivity contribution in [1.82, 2.24) is 5.32 Å². The second-order valence-corrected chi connectivity index (χ2v) is 5.02. The Morgan fingerprint density at radius 2 is 2.09 bits per heavy atom. The number of rotatable bonds is 6. The van der Waals surface area contributed by atoms with E-state index in [0.717, 1.165) is 22.1 Å². The normalized spacial score (nSPS) is 11.6. The first-order chi connectivity index (χ1) is 10.2. The fourth-order valence-electron chi connectivity index (χ4n) is 2.44. The molecule has 0 spiro atoms. The van der Waals surface area contributed by atoms with E-state index in [1.165, 1.54) is 0 Å². The molecule has 1 unspecified atom stereocenters. The van der Waals surface area contributed by atoms with Gasteiger partial charge in [0.25, 0.3) is 0 Å². The number of hydrogen-bond donors (Lipinski definition) is 2. The highest BCUT2D eigenvalue weighted by Crippen LogP contribution is 2.28. The number of carbonyl (C=O) groups is 1. The van der Waals surface area contributed by atoms with Crippen molar-refractivity contribution in [2.24, 2.45) is 5.73 Å². The molecule has 0 aromatic heterocycles. The predicted octanol–water partition coefficient (Wildman–Crippen LogP) is 2.84. The molecule has 120 valence electrons. The molecule has 2 aromatic carbocycles. The van der Waals surface area contributed by atoms with Gasteiger partial charge in [0.15, 0.2) is 0 Å². The van der Waals surface area contributed by atoms with Crippen LogP contribution in [-0.2, 0) is 4.79 Å². The first-order valence-electron chi connectivity index (χ1n) is 7.23. The van der Waals surface area contributed by atoms with Gasteiger partial charge in [0.05, 0.1) is 7.11 Å². The van der Waals surface area contributed by atoms with Crippen LogP contribution < -0.4 is 15.8 Å². The summed E-state index contributed by atoms with van der Waals surface area (Å²) in [5.41, 5.74) is 7.06. The van der Waals surface area contributed by atoms with Crippen LogP contribution in [0.25, 0.3) is 10.8 Å². The summed E-state index contributed by atoms with van der Waals surface area (Å²) in [4.78, 5) is 11.5. The highest BCUT2D eigenvalue weighted by Gasteiger charge is 2.14. The SMILES string of the molecule is CCC(=O)NCC(CN)c1cccc2ccc(OC)cc12.Cl. The molecule has 0 fully saturated rings. The number of nitrogens with two attached hydrogens (primary N) is 1. The van der Waals surface area contributed by atoms with Crippen molar-refractivity contribution in [1.29, 1.82) is 0 Å². The van der Waals surface area contributed by atoms with Crippen molar-refractivity contribution >= 4 is 29.1 Å². The Morgan fingerprint density at radius 1 is 1.32 bits per heavy atom. The van der Waals surface area contributed by atoms with Crippen molar-refractivity contribution in [3.8, 4) is 5.75 Å². The number of methoxy groups -OCH3 is 1. The minimum absolute atomic E-state index is 0. The van der Waals surface area contributed by atoms with E-state index in [4.69, 9.17) is 10.5 Å². The minimum Gasteiger partial charge on any atom is -0.497 e. The molecule has 0 aliphatic heterocycles. The molecule has 0 heterocycles. The van der Waals surface area contributed by atoms with E-state index in [9.17, 15) is 4.79 Å². The lowest BCUT2D eigenvalue weighted by Crippen LogP contribution is -2.31. The number of hydrogen-bond acceptors (Lipinski definition) is 3. The summed E-state index contributed by atoms with van der Waals surface area (Å²) in [5, 5.41) is 5.19. The molecule has 22 heavy (non-hydrogen) atoms. The van der Waals surface area contributed by atoms with E-state index in [1.54, 1.807) is 7.11 Å². The Morgan fingerprint density at radius 3 is 2.73 bits per heavy atom. The molecular weight excluding hydrogens is 300 g/mol. The number of nitrogens with one attached hydrogen (secondary N) is 1. The third-order valence-corrected chi connectivity index (χ3v) is 3.71. The lowest BCUT2D eigenvalue weighted by molar-refractivity contribution is -0.120. The third-order valence-electron chi connectivity index (χ3n) is 3.71. The molecule has 4 nitrogen and oxygen atoms in total. The van der Waals surface area contributed by atoms with Gasteiger partial charge in [0.2, 0.25) is 5.91 Å². The first kappa shape index (κ1) is 18.3. The van der Waals surface area contributed by atoms with Gasteiger partial charge in [-0.1, -0.05) is 31.2 Å². The summed E-state index contributed by atoms with van der Waals surface area (Å²) >= 11 is 0. The number of fused-ring (bicyclic) bond motifs is 1. The Kier molecular flexibility index (Phi) is 7.15. The van der Waals surface area contributed by atoms with E-state index in [0.29, 0.717) is 19.5 Å². The second kappa shape index (κ2) is 8.61. The molecule has 1 atom stereocenters. The zero-order valence-corrected chi connectivity index (χ0v) is 13.8. The molecule has 0 saturated heterocycles.